The third kappa shape index (κ3) is 10.7. The Morgan fingerprint density at radius 2 is 1.39 bits per heavy atom. The fraction of sp³-hybridized carbons (Fsp3) is 0.370. The molecule has 3 N–H and O–H groups in total. The number of para-hydroxylation sites is 2. The zero-order valence-electron chi connectivity index (χ0n) is 34.4. The first-order valence-corrected chi connectivity index (χ1v) is 21.4. The number of thioether (sulfide) groups is 1. The van der Waals surface area contributed by atoms with Crippen molar-refractivity contribution >= 4 is 63.0 Å². The highest BCUT2D eigenvalue weighted by molar-refractivity contribution is 8.00. The molecule has 3 heterocycles. The molecular formula is C46H48N2O13S. The van der Waals surface area contributed by atoms with Crippen molar-refractivity contribution in [2.75, 3.05) is 45.3 Å². The normalized spacial score (nSPS) is 14.6. The second-order valence-corrected chi connectivity index (χ2v) is 16.1. The zero-order valence-corrected chi connectivity index (χ0v) is 35.2. The number of likely N-dealkylation sites (tertiary alicyclic amines) is 1. The molecule has 2 aromatic heterocycles. The van der Waals surface area contributed by atoms with E-state index in [4.69, 9.17) is 18.3 Å². The van der Waals surface area contributed by atoms with Crippen LogP contribution in [0.5, 0.6) is 11.5 Å². The molecule has 6 rings (SSSR count). The summed E-state index contributed by atoms with van der Waals surface area (Å²) in [5.74, 6) is -2.92. The summed E-state index contributed by atoms with van der Waals surface area (Å²) >= 11 is 1.33. The van der Waals surface area contributed by atoms with Gasteiger partial charge in [-0.15, -0.1) is 11.8 Å². The number of nitrogens with zero attached hydrogens (tertiary/aromatic N) is 1. The molecule has 1 aliphatic rings. The number of imide groups is 1. The number of amides is 3. The SMILES string of the molecule is CC[C@@H](CSC1CC(=O)N(CCC(=O)CCCOCCOCCNC(=O)c2ccc(C(c3c(O)c4ccccc4oc3=O)c3c(O)c4ccccc4oc3=O)cc2)C1=O)C(C)=O. The van der Waals surface area contributed by atoms with Gasteiger partial charge in [-0.05, 0) is 61.7 Å². The van der Waals surface area contributed by atoms with Crippen molar-refractivity contribution in [3.63, 3.8) is 0 Å². The van der Waals surface area contributed by atoms with Gasteiger partial charge in [0.15, 0.2) is 0 Å². The van der Waals surface area contributed by atoms with E-state index in [0.29, 0.717) is 25.2 Å². The van der Waals surface area contributed by atoms with Crippen LogP contribution in [0, 0.1) is 5.92 Å². The van der Waals surface area contributed by atoms with E-state index in [1.165, 1.54) is 55.1 Å². The second kappa shape index (κ2) is 21.1. The van der Waals surface area contributed by atoms with E-state index in [1.54, 1.807) is 36.4 Å². The molecule has 0 bridgehead atoms. The number of ketones is 2. The summed E-state index contributed by atoms with van der Waals surface area (Å²) in [6, 6.07) is 18.7. The Kier molecular flexibility index (Phi) is 15.5. The van der Waals surface area contributed by atoms with Gasteiger partial charge in [0, 0.05) is 56.2 Å². The zero-order chi connectivity index (χ0) is 44.3. The number of rotatable bonds is 22. The first-order chi connectivity index (χ1) is 29.9. The summed E-state index contributed by atoms with van der Waals surface area (Å²) in [6.45, 7) is 4.67. The van der Waals surface area contributed by atoms with Crippen LogP contribution in [0.3, 0.4) is 0 Å². The monoisotopic (exact) mass is 868 g/mol. The lowest BCUT2D eigenvalue weighted by atomic mass is 9.84. The standard InChI is InChI=1S/C46H48N2O13S/c1-3-28(27(2)49)26-62-36-25-37(51)48(44(36)55)20-18-31(50)9-8-21-58-23-24-59-22-19-47-43(54)30-16-14-29(15-17-30)38(39-41(52)32-10-4-6-12-34(32)60-45(39)56)40-42(53)33-11-5-7-13-35(33)61-46(40)57/h4-7,10-17,28,36,38,52-53H,3,8-9,18-26H2,1-2H3,(H,47,54)/t28-,36?/m0/s1. The average molecular weight is 869 g/mol. The van der Waals surface area contributed by atoms with Crippen molar-refractivity contribution in [2.45, 2.75) is 57.1 Å². The summed E-state index contributed by atoms with van der Waals surface area (Å²) in [5, 5.41) is 25.5. The number of carbonyl (C=O) groups is 5. The largest absolute Gasteiger partial charge is 0.507 e. The summed E-state index contributed by atoms with van der Waals surface area (Å²) in [4.78, 5) is 90.3. The highest BCUT2D eigenvalue weighted by Crippen LogP contribution is 2.42. The van der Waals surface area contributed by atoms with E-state index in [1.807, 2.05) is 6.92 Å². The summed E-state index contributed by atoms with van der Waals surface area (Å²) in [6.07, 6.45) is 1.53. The third-order valence-corrected chi connectivity index (χ3v) is 12.1. The second-order valence-electron chi connectivity index (χ2n) is 14.8. The quantitative estimate of drug-likeness (QED) is 0.0447. The van der Waals surface area contributed by atoms with Crippen LogP contribution in [0.4, 0.5) is 0 Å². The lowest BCUT2D eigenvalue weighted by molar-refractivity contribution is -0.138. The lowest BCUT2D eigenvalue weighted by Gasteiger charge is -2.20. The van der Waals surface area contributed by atoms with Gasteiger partial charge in [0.2, 0.25) is 11.8 Å². The molecule has 1 fully saturated rings. The van der Waals surface area contributed by atoms with Gasteiger partial charge in [-0.1, -0.05) is 43.3 Å². The van der Waals surface area contributed by atoms with E-state index in [0.717, 1.165) is 4.90 Å². The van der Waals surface area contributed by atoms with Crippen molar-refractivity contribution in [3.8, 4) is 11.5 Å². The van der Waals surface area contributed by atoms with Gasteiger partial charge in [-0.2, -0.15) is 0 Å². The number of nitrogens with one attached hydrogen (secondary N) is 1. The number of hydrogen-bond acceptors (Lipinski definition) is 14. The van der Waals surface area contributed by atoms with Crippen LogP contribution in [-0.2, 0) is 28.7 Å². The number of Topliss-reactive ketones (excluding diaryl/α,β-unsaturated/α-hetero) is 2. The molecule has 0 radical (unpaired) electrons. The minimum Gasteiger partial charge on any atom is -0.507 e. The Hall–Kier alpha value is -6.10. The molecule has 1 aliphatic heterocycles. The van der Waals surface area contributed by atoms with Gasteiger partial charge in [0.1, 0.15) is 34.2 Å². The number of hydrogen-bond donors (Lipinski definition) is 3. The molecule has 5 aromatic rings. The number of fused-ring (bicyclic) bond motifs is 2. The molecule has 3 aromatic carbocycles. The van der Waals surface area contributed by atoms with E-state index in [-0.39, 0.29) is 126 Å². The molecular weight excluding hydrogens is 821 g/mol. The van der Waals surface area contributed by atoms with Crippen LogP contribution >= 0.6 is 11.8 Å². The molecule has 2 atom stereocenters. The summed E-state index contributed by atoms with van der Waals surface area (Å²) in [7, 11) is 0. The van der Waals surface area contributed by atoms with Gasteiger partial charge < -0.3 is 33.8 Å². The first-order valence-electron chi connectivity index (χ1n) is 20.4. The number of carbonyl (C=O) groups excluding carboxylic acids is 5. The van der Waals surface area contributed by atoms with Crippen LogP contribution in [0.15, 0.2) is 91.2 Å². The number of aromatic hydroxyl groups is 2. The molecule has 15 nitrogen and oxygen atoms in total. The summed E-state index contributed by atoms with van der Waals surface area (Å²) < 4.78 is 22.2. The Bertz CT molecular complexity index is 2470. The minimum absolute atomic E-state index is 0.0454. The Morgan fingerprint density at radius 3 is 1.97 bits per heavy atom. The Morgan fingerprint density at radius 1 is 0.806 bits per heavy atom. The van der Waals surface area contributed by atoms with E-state index in [9.17, 15) is 43.8 Å². The number of benzene rings is 3. The van der Waals surface area contributed by atoms with E-state index in [2.05, 4.69) is 5.32 Å². The molecule has 16 heteroatoms. The molecule has 0 saturated carbocycles. The third-order valence-electron chi connectivity index (χ3n) is 10.8. The van der Waals surface area contributed by atoms with Gasteiger partial charge in [-0.3, -0.25) is 28.9 Å². The Labute approximate surface area is 360 Å². The van der Waals surface area contributed by atoms with Crippen LogP contribution < -0.4 is 16.6 Å². The van der Waals surface area contributed by atoms with E-state index < -0.39 is 39.8 Å². The van der Waals surface area contributed by atoms with Crippen LogP contribution in [0.2, 0.25) is 0 Å². The minimum atomic E-state index is -1.35. The molecule has 0 spiro atoms. The molecule has 62 heavy (non-hydrogen) atoms. The maximum absolute atomic E-state index is 13.5. The highest BCUT2D eigenvalue weighted by atomic mass is 32.2. The molecule has 3 amide bonds. The smallest absolute Gasteiger partial charge is 0.344 e. The Balaban J connectivity index is 0.941. The molecule has 326 valence electrons. The fourth-order valence-corrected chi connectivity index (χ4v) is 8.74. The fourth-order valence-electron chi connectivity index (χ4n) is 7.28. The van der Waals surface area contributed by atoms with Crippen molar-refractivity contribution in [1.82, 2.24) is 10.2 Å². The predicted octanol–water partition coefficient (Wildman–Crippen LogP) is 5.47. The van der Waals surface area contributed by atoms with Crippen molar-refractivity contribution in [1.29, 1.82) is 0 Å². The average Bonchev–Trinajstić information content (AvgIpc) is 3.53. The van der Waals surface area contributed by atoms with Crippen LogP contribution in [0.25, 0.3) is 21.9 Å². The first kappa shape index (κ1) is 45.4. The van der Waals surface area contributed by atoms with Crippen LogP contribution in [0.1, 0.15) is 78.9 Å². The lowest BCUT2D eigenvalue weighted by Crippen LogP contribution is -2.33. The van der Waals surface area contributed by atoms with Crippen molar-refractivity contribution < 1.29 is 52.5 Å². The molecule has 1 saturated heterocycles. The van der Waals surface area contributed by atoms with E-state index >= 15 is 0 Å². The highest BCUT2D eigenvalue weighted by Gasteiger charge is 2.39. The number of ether oxygens (including phenoxy) is 2. The topological polar surface area (TPSA) is 220 Å². The van der Waals surface area contributed by atoms with Crippen molar-refractivity contribution in [2.24, 2.45) is 5.92 Å². The maximum atomic E-state index is 13.5. The van der Waals surface area contributed by atoms with Crippen LogP contribution in [-0.4, -0.2) is 94.9 Å². The maximum Gasteiger partial charge on any atom is 0.344 e. The van der Waals surface area contributed by atoms with Gasteiger partial charge >= 0.3 is 11.3 Å². The predicted molar refractivity (Wildman–Crippen MR) is 231 cm³/mol. The molecule has 0 aliphatic carbocycles. The summed E-state index contributed by atoms with van der Waals surface area (Å²) in [5.41, 5.74) is -1.65. The molecule has 1 unspecified atom stereocenters. The van der Waals surface area contributed by atoms with Gasteiger partial charge in [0.25, 0.3) is 5.91 Å². The van der Waals surface area contributed by atoms with Crippen molar-refractivity contribution in [3.05, 3.63) is 116 Å². The van der Waals surface area contributed by atoms with Gasteiger partial charge in [0.05, 0.1) is 52.9 Å². The van der Waals surface area contributed by atoms with Gasteiger partial charge in [-0.25, -0.2) is 9.59 Å².